The number of amides is 1. The third-order valence-electron chi connectivity index (χ3n) is 1.81. The van der Waals surface area contributed by atoms with Crippen molar-refractivity contribution in [2.75, 3.05) is 0 Å². The highest BCUT2D eigenvalue weighted by Gasteiger charge is 2.07. The molecule has 1 atom stereocenters. The van der Waals surface area contributed by atoms with Gasteiger partial charge in [0.05, 0.1) is 12.5 Å². The molecule has 72 valence electrons. The first-order valence-corrected chi connectivity index (χ1v) is 4.47. The van der Waals surface area contributed by atoms with E-state index in [2.05, 4.69) is 5.32 Å². The highest BCUT2D eigenvalue weighted by Crippen LogP contribution is 1.99. The predicted octanol–water partition coefficient (Wildman–Crippen LogP) is 1.72. The average molecular weight is 188 g/mol. The summed E-state index contributed by atoms with van der Waals surface area (Å²) in [6, 6.07) is 10.9. The van der Waals surface area contributed by atoms with Crippen molar-refractivity contribution in [3.63, 3.8) is 0 Å². The van der Waals surface area contributed by atoms with E-state index >= 15 is 0 Å². The van der Waals surface area contributed by atoms with Crippen LogP contribution in [0, 0.1) is 11.3 Å². The predicted molar refractivity (Wildman–Crippen MR) is 53.6 cm³/mol. The number of nitrogens with one attached hydrogen (secondary N) is 1. The second kappa shape index (κ2) is 5.03. The maximum Gasteiger partial charge on any atom is 0.251 e. The molecule has 0 spiro atoms. The van der Waals surface area contributed by atoms with Crippen LogP contribution < -0.4 is 5.32 Å². The summed E-state index contributed by atoms with van der Waals surface area (Å²) in [5, 5.41) is 11.2. The van der Waals surface area contributed by atoms with E-state index in [1.54, 1.807) is 12.1 Å². The van der Waals surface area contributed by atoms with Crippen molar-refractivity contribution >= 4 is 5.91 Å². The van der Waals surface area contributed by atoms with Crippen LogP contribution >= 0.6 is 0 Å². The first kappa shape index (κ1) is 10.3. The second-order valence-electron chi connectivity index (χ2n) is 3.10. The van der Waals surface area contributed by atoms with Gasteiger partial charge in [-0.25, -0.2) is 0 Å². The van der Waals surface area contributed by atoms with Gasteiger partial charge < -0.3 is 5.32 Å². The molecule has 0 aliphatic heterocycles. The lowest BCUT2D eigenvalue weighted by molar-refractivity contribution is 0.0941. The van der Waals surface area contributed by atoms with Crippen LogP contribution in [0.2, 0.25) is 0 Å². The van der Waals surface area contributed by atoms with E-state index in [0.717, 1.165) is 0 Å². The summed E-state index contributed by atoms with van der Waals surface area (Å²) >= 11 is 0. The third kappa shape index (κ3) is 2.91. The lowest BCUT2D eigenvalue weighted by Crippen LogP contribution is -2.32. The molecule has 1 rings (SSSR count). The monoisotopic (exact) mass is 188 g/mol. The Morgan fingerprint density at radius 2 is 2.14 bits per heavy atom. The number of carbonyl (C=O) groups is 1. The lowest BCUT2D eigenvalue weighted by atomic mass is 10.2. The smallest absolute Gasteiger partial charge is 0.251 e. The Balaban J connectivity index is 2.56. The third-order valence-corrected chi connectivity index (χ3v) is 1.81. The fourth-order valence-corrected chi connectivity index (χ4v) is 1.08. The van der Waals surface area contributed by atoms with Gasteiger partial charge in [0.1, 0.15) is 0 Å². The van der Waals surface area contributed by atoms with Crippen LogP contribution in [0.4, 0.5) is 0 Å². The Kier molecular flexibility index (Phi) is 3.69. The molecule has 0 heterocycles. The number of hydrogen-bond acceptors (Lipinski definition) is 2. The second-order valence-corrected chi connectivity index (χ2v) is 3.10. The molecule has 1 aromatic rings. The molecule has 1 amide bonds. The van der Waals surface area contributed by atoms with Crippen molar-refractivity contribution < 1.29 is 4.79 Å². The molecule has 1 unspecified atom stereocenters. The van der Waals surface area contributed by atoms with Crippen molar-refractivity contribution in [2.24, 2.45) is 0 Å². The van der Waals surface area contributed by atoms with Gasteiger partial charge in [0.15, 0.2) is 0 Å². The van der Waals surface area contributed by atoms with E-state index in [1.807, 2.05) is 31.2 Å². The molecular formula is C11H12N2O. The van der Waals surface area contributed by atoms with Crippen molar-refractivity contribution in [1.29, 1.82) is 5.26 Å². The highest BCUT2D eigenvalue weighted by atomic mass is 16.1. The molecule has 0 saturated heterocycles. The van der Waals surface area contributed by atoms with E-state index in [-0.39, 0.29) is 11.9 Å². The van der Waals surface area contributed by atoms with Crippen molar-refractivity contribution in [3.8, 4) is 6.07 Å². The largest absolute Gasteiger partial charge is 0.349 e. The Labute approximate surface area is 83.4 Å². The Morgan fingerprint density at radius 3 is 2.71 bits per heavy atom. The Bertz CT molecular complexity index is 340. The zero-order valence-corrected chi connectivity index (χ0v) is 8.03. The SMILES string of the molecule is CC(CC#N)NC(=O)c1ccccc1. The first-order valence-electron chi connectivity index (χ1n) is 4.47. The minimum absolute atomic E-state index is 0.104. The van der Waals surface area contributed by atoms with E-state index in [9.17, 15) is 4.79 Å². The van der Waals surface area contributed by atoms with Crippen LogP contribution in [-0.4, -0.2) is 11.9 Å². The molecule has 0 aliphatic carbocycles. The first-order chi connectivity index (χ1) is 6.74. The van der Waals surface area contributed by atoms with Gasteiger partial charge in [-0.1, -0.05) is 18.2 Å². The maximum absolute atomic E-state index is 11.5. The molecule has 0 bridgehead atoms. The summed E-state index contributed by atoms with van der Waals surface area (Å²) in [4.78, 5) is 11.5. The normalized spacial score (nSPS) is 11.4. The molecule has 0 aromatic heterocycles. The van der Waals surface area contributed by atoms with Crippen LogP contribution in [-0.2, 0) is 0 Å². The van der Waals surface area contributed by atoms with Crippen LogP contribution in [0.3, 0.4) is 0 Å². The fourth-order valence-electron chi connectivity index (χ4n) is 1.08. The van der Waals surface area contributed by atoms with Gasteiger partial charge in [-0.3, -0.25) is 4.79 Å². The van der Waals surface area contributed by atoms with Crippen molar-refractivity contribution in [2.45, 2.75) is 19.4 Å². The lowest BCUT2D eigenvalue weighted by Gasteiger charge is -2.09. The number of nitriles is 1. The minimum atomic E-state index is -0.131. The Hall–Kier alpha value is -1.82. The number of nitrogens with zero attached hydrogens (tertiary/aromatic N) is 1. The van der Waals surface area contributed by atoms with Crippen LogP contribution in [0.25, 0.3) is 0 Å². The van der Waals surface area contributed by atoms with Crippen LogP contribution in [0.15, 0.2) is 30.3 Å². The molecular weight excluding hydrogens is 176 g/mol. The number of carbonyl (C=O) groups excluding carboxylic acids is 1. The molecule has 3 heteroatoms. The van der Waals surface area contributed by atoms with Gasteiger partial charge in [0.2, 0.25) is 0 Å². The molecule has 1 N–H and O–H groups in total. The van der Waals surface area contributed by atoms with E-state index in [4.69, 9.17) is 5.26 Å². The molecule has 14 heavy (non-hydrogen) atoms. The van der Waals surface area contributed by atoms with Crippen LogP contribution in [0.5, 0.6) is 0 Å². The van der Waals surface area contributed by atoms with Gasteiger partial charge >= 0.3 is 0 Å². The summed E-state index contributed by atoms with van der Waals surface area (Å²) in [5.74, 6) is -0.131. The molecule has 3 nitrogen and oxygen atoms in total. The van der Waals surface area contributed by atoms with Gasteiger partial charge in [-0.15, -0.1) is 0 Å². The fraction of sp³-hybridized carbons (Fsp3) is 0.273. The summed E-state index contributed by atoms with van der Waals surface area (Å²) in [6.45, 7) is 1.81. The summed E-state index contributed by atoms with van der Waals surface area (Å²) < 4.78 is 0. The van der Waals surface area contributed by atoms with Gasteiger partial charge in [-0.2, -0.15) is 5.26 Å². The summed E-state index contributed by atoms with van der Waals surface area (Å²) in [7, 11) is 0. The molecule has 0 radical (unpaired) electrons. The molecule has 0 fully saturated rings. The summed E-state index contributed by atoms with van der Waals surface area (Å²) in [6.07, 6.45) is 0.332. The highest BCUT2D eigenvalue weighted by molar-refractivity contribution is 5.94. The van der Waals surface area contributed by atoms with Crippen molar-refractivity contribution in [3.05, 3.63) is 35.9 Å². The number of rotatable bonds is 3. The van der Waals surface area contributed by atoms with Crippen LogP contribution in [0.1, 0.15) is 23.7 Å². The zero-order valence-electron chi connectivity index (χ0n) is 8.03. The summed E-state index contributed by atoms with van der Waals surface area (Å²) in [5.41, 5.74) is 0.622. The van der Waals surface area contributed by atoms with Gasteiger partial charge in [-0.05, 0) is 19.1 Å². The Morgan fingerprint density at radius 1 is 1.50 bits per heavy atom. The molecule has 0 saturated carbocycles. The van der Waals surface area contributed by atoms with E-state index in [1.165, 1.54) is 0 Å². The standard InChI is InChI=1S/C11H12N2O/c1-9(7-8-12)13-11(14)10-5-3-2-4-6-10/h2-6,9H,7H2,1H3,(H,13,14). The molecule has 1 aromatic carbocycles. The topological polar surface area (TPSA) is 52.9 Å². The van der Waals surface area contributed by atoms with E-state index < -0.39 is 0 Å². The number of hydrogen-bond donors (Lipinski definition) is 1. The van der Waals surface area contributed by atoms with Gasteiger partial charge in [0.25, 0.3) is 5.91 Å². The number of benzene rings is 1. The minimum Gasteiger partial charge on any atom is -0.349 e. The van der Waals surface area contributed by atoms with Crippen molar-refractivity contribution in [1.82, 2.24) is 5.32 Å². The zero-order chi connectivity index (χ0) is 10.4. The maximum atomic E-state index is 11.5. The van der Waals surface area contributed by atoms with Gasteiger partial charge in [0, 0.05) is 11.6 Å². The molecule has 0 aliphatic rings. The quantitative estimate of drug-likeness (QED) is 0.785. The van der Waals surface area contributed by atoms with E-state index in [0.29, 0.717) is 12.0 Å². The average Bonchev–Trinajstić information content (AvgIpc) is 2.19.